The van der Waals surface area contributed by atoms with Crippen molar-refractivity contribution in [1.82, 2.24) is 15.0 Å². The Balaban J connectivity index is 1.85. The number of esters is 1. The molecule has 8 nitrogen and oxygen atoms in total. The molecule has 0 spiro atoms. The molecule has 0 radical (unpaired) electrons. The fraction of sp³-hybridized carbons (Fsp3) is 0.211. The van der Waals surface area contributed by atoms with Crippen molar-refractivity contribution in [2.75, 3.05) is 12.4 Å². The molecule has 3 aromatic rings. The number of carbonyl (C=O) groups excluding carboxylic acids is 2. The first kappa shape index (κ1) is 18.2. The van der Waals surface area contributed by atoms with E-state index in [1.165, 1.54) is 7.11 Å². The zero-order valence-electron chi connectivity index (χ0n) is 14.9. The van der Waals surface area contributed by atoms with Gasteiger partial charge in [0, 0.05) is 5.69 Å². The molecule has 0 saturated heterocycles. The number of anilines is 1. The van der Waals surface area contributed by atoms with Crippen LogP contribution in [0, 0.1) is 0 Å². The van der Waals surface area contributed by atoms with Crippen LogP contribution in [-0.2, 0) is 9.53 Å². The van der Waals surface area contributed by atoms with Crippen molar-refractivity contribution < 1.29 is 14.3 Å². The molecule has 1 N–H and O–H groups in total. The van der Waals surface area contributed by atoms with Crippen molar-refractivity contribution in [2.24, 2.45) is 0 Å². The molecule has 8 heteroatoms. The van der Waals surface area contributed by atoms with E-state index in [1.54, 1.807) is 55.5 Å². The summed E-state index contributed by atoms with van der Waals surface area (Å²) in [6.07, 6.45) is 0.360. The van der Waals surface area contributed by atoms with Gasteiger partial charge < -0.3 is 10.1 Å². The largest absolute Gasteiger partial charge is 0.465 e. The fourth-order valence-electron chi connectivity index (χ4n) is 2.71. The smallest absolute Gasteiger partial charge is 0.337 e. The number of benzene rings is 2. The molecular formula is C19H18N4O4. The lowest BCUT2D eigenvalue weighted by Gasteiger charge is -2.16. The molecule has 27 heavy (non-hydrogen) atoms. The van der Waals surface area contributed by atoms with Crippen LogP contribution >= 0.6 is 0 Å². The Hall–Kier alpha value is -3.55. The molecule has 1 heterocycles. The van der Waals surface area contributed by atoms with Crippen LogP contribution in [0.15, 0.2) is 53.3 Å². The number of nitrogens with one attached hydrogen (secondary N) is 1. The summed E-state index contributed by atoms with van der Waals surface area (Å²) < 4.78 is 5.74. The highest BCUT2D eigenvalue weighted by molar-refractivity contribution is 5.95. The maximum absolute atomic E-state index is 12.7. The van der Waals surface area contributed by atoms with E-state index >= 15 is 0 Å². The molecule has 0 aliphatic rings. The quantitative estimate of drug-likeness (QED) is 0.694. The highest BCUT2D eigenvalue weighted by Gasteiger charge is 2.22. The van der Waals surface area contributed by atoms with Gasteiger partial charge >= 0.3 is 5.97 Å². The van der Waals surface area contributed by atoms with Crippen LogP contribution in [0.3, 0.4) is 0 Å². The Morgan fingerprint density at radius 2 is 1.85 bits per heavy atom. The summed E-state index contributed by atoms with van der Waals surface area (Å²) in [6, 6.07) is 12.3. The molecule has 0 bridgehead atoms. The monoisotopic (exact) mass is 366 g/mol. The Morgan fingerprint density at radius 3 is 2.52 bits per heavy atom. The third-order valence-electron chi connectivity index (χ3n) is 4.15. The van der Waals surface area contributed by atoms with Crippen molar-refractivity contribution >= 4 is 28.5 Å². The number of aromatic nitrogens is 3. The molecule has 0 saturated carbocycles. The highest BCUT2D eigenvalue weighted by atomic mass is 16.5. The summed E-state index contributed by atoms with van der Waals surface area (Å²) in [5.74, 6) is -0.854. The Bertz CT molecular complexity index is 1040. The minimum absolute atomic E-state index is 0.360. The van der Waals surface area contributed by atoms with E-state index in [0.29, 0.717) is 28.6 Å². The van der Waals surface area contributed by atoms with Crippen LogP contribution in [0.1, 0.15) is 29.7 Å². The van der Waals surface area contributed by atoms with Gasteiger partial charge in [0.2, 0.25) is 5.91 Å². The number of hydrogen-bond donors (Lipinski definition) is 1. The molecule has 138 valence electrons. The van der Waals surface area contributed by atoms with Gasteiger partial charge in [0.15, 0.2) is 0 Å². The maximum Gasteiger partial charge on any atom is 0.337 e. The van der Waals surface area contributed by atoms with Crippen molar-refractivity contribution in [2.45, 2.75) is 19.4 Å². The van der Waals surface area contributed by atoms with E-state index in [0.717, 1.165) is 4.68 Å². The van der Waals surface area contributed by atoms with Crippen LogP contribution in [0.4, 0.5) is 5.69 Å². The number of hydrogen-bond acceptors (Lipinski definition) is 6. The zero-order valence-corrected chi connectivity index (χ0v) is 14.9. The standard InChI is InChI=1S/C19H18N4O4/c1-3-16(23-18(25)14-6-4-5-7-15(14)21-22-23)17(24)20-13-10-8-12(9-11-13)19(26)27-2/h4-11,16H,3H2,1-2H3,(H,20,24)/t16-/m0/s1. The number of carbonyl (C=O) groups is 2. The number of fused-ring (bicyclic) bond motifs is 1. The molecule has 3 rings (SSSR count). The lowest BCUT2D eigenvalue weighted by atomic mass is 10.1. The Labute approximate surface area is 154 Å². The van der Waals surface area contributed by atoms with Crippen LogP contribution in [-0.4, -0.2) is 34.0 Å². The number of methoxy groups -OCH3 is 1. The van der Waals surface area contributed by atoms with E-state index in [-0.39, 0.29) is 5.56 Å². The fourth-order valence-corrected chi connectivity index (χ4v) is 2.71. The van der Waals surface area contributed by atoms with Gasteiger partial charge in [-0.2, -0.15) is 4.68 Å². The van der Waals surface area contributed by atoms with E-state index in [4.69, 9.17) is 0 Å². The van der Waals surface area contributed by atoms with E-state index in [1.807, 2.05) is 0 Å². The third kappa shape index (κ3) is 3.69. The first-order valence-electron chi connectivity index (χ1n) is 8.38. The summed E-state index contributed by atoms with van der Waals surface area (Å²) in [6.45, 7) is 1.79. The summed E-state index contributed by atoms with van der Waals surface area (Å²) >= 11 is 0. The van der Waals surface area contributed by atoms with E-state index in [9.17, 15) is 14.4 Å². The number of nitrogens with zero attached hydrogens (tertiary/aromatic N) is 3. The average molecular weight is 366 g/mol. The molecule has 1 atom stereocenters. The zero-order chi connectivity index (χ0) is 19.4. The number of rotatable bonds is 5. The molecule has 1 amide bonds. The number of amides is 1. The highest BCUT2D eigenvalue weighted by Crippen LogP contribution is 2.15. The molecule has 0 aliphatic heterocycles. The van der Waals surface area contributed by atoms with Gasteiger partial charge in [0.05, 0.1) is 18.1 Å². The molecular weight excluding hydrogens is 348 g/mol. The lowest BCUT2D eigenvalue weighted by molar-refractivity contribution is -0.119. The average Bonchev–Trinajstić information content (AvgIpc) is 2.70. The van der Waals surface area contributed by atoms with E-state index in [2.05, 4.69) is 20.4 Å². The second-order valence-corrected chi connectivity index (χ2v) is 5.84. The molecule has 2 aromatic carbocycles. The molecule has 0 unspecified atom stereocenters. The van der Waals surface area contributed by atoms with Crippen LogP contribution in [0.25, 0.3) is 10.9 Å². The van der Waals surface area contributed by atoms with Crippen molar-refractivity contribution in [3.8, 4) is 0 Å². The van der Waals surface area contributed by atoms with Crippen molar-refractivity contribution in [3.63, 3.8) is 0 Å². The summed E-state index contributed by atoms with van der Waals surface area (Å²) in [4.78, 5) is 36.8. The van der Waals surface area contributed by atoms with Gasteiger partial charge in [0.1, 0.15) is 11.6 Å². The van der Waals surface area contributed by atoms with E-state index < -0.39 is 17.9 Å². The van der Waals surface area contributed by atoms with Gasteiger partial charge in [-0.15, -0.1) is 5.10 Å². The third-order valence-corrected chi connectivity index (χ3v) is 4.15. The second kappa shape index (κ2) is 7.77. The lowest BCUT2D eigenvalue weighted by Crippen LogP contribution is -2.35. The summed E-state index contributed by atoms with van der Waals surface area (Å²) in [7, 11) is 1.30. The Kier molecular flexibility index (Phi) is 5.25. The SMILES string of the molecule is CC[C@@H](C(=O)Nc1ccc(C(=O)OC)cc1)n1nnc2ccccc2c1=O. The first-order valence-corrected chi connectivity index (χ1v) is 8.38. The van der Waals surface area contributed by atoms with Crippen molar-refractivity contribution in [3.05, 3.63) is 64.4 Å². The minimum atomic E-state index is -0.810. The normalized spacial score (nSPS) is 11.8. The summed E-state index contributed by atoms with van der Waals surface area (Å²) in [5.41, 5.74) is 0.975. The molecule has 1 aromatic heterocycles. The Morgan fingerprint density at radius 1 is 1.15 bits per heavy atom. The van der Waals surface area contributed by atoms with Gasteiger partial charge in [-0.25, -0.2) is 4.79 Å². The van der Waals surface area contributed by atoms with Crippen LogP contribution in [0.5, 0.6) is 0 Å². The second-order valence-electron chi connectivity index (χ2n) is 5.84. The van der Waals surface area contributed by atoms with Crippen LogP contribution < -0.4 is 10.9 Å². The number of ether oxygens (including phenoxy) is 1. The topological polar surface area (TPSA) is 103 Å². The van der Waals surface area contributed by atoms with Gasteiger partial charge in [-0.05, 0) is 42.8 Å². The first-order chi connectivity index (χ1) is 13.0. The minimum Gasteiger partial charge on any atom is -0.465 e. The predicted molar refractivity (Wildman–Crippen MR) is 99.5 cm³/mol. The molecule has 0 fully saturated rings. The van der Waals surface area contributed by atoms with Gasteiger partial charge in [-0.1, -0.05) is 24.3 Å². The van der Waals surface area contributed by atoms with Crippen molar-refractivity contribution in [1.29, 1.82) is 0 Å². The predicted octanol–water partition coefficient (Wildman–Crippen LogP) is 2.17. The maximum atomic E-state index is 12.7. The van der Waals surface area contributed by atoms with Gasteiger partial charge in [-0.3, -0.25) is 9.59 Å². The van der Waals surface area contributed by atoms with Crippen LogP contribution in [0.2, 0.25) is 0 Å². The summed E-state index contributed by atoms with van der Waals surface area (Å²) in [5, 5.41) is 11.1. The molecule has 0 aliphatic carbocycles. The van der Waals surface area contributed by atoms with Gasteiger partial charge in [0.25, 0.3) is 5.56 Å².